The maximum absolute atomic E-state index is 12.3. The average Bonchev–Trinajstić information content (AvgIpc) is 2.78. The van der Waals surface area contributed by atoms with Crippen LogP contribution in [0.15, 0.2) is 24.0 Å². The van der Waals surface area contributed by atoms with Gasteiger partial charge in [-0.05, 0) is 6.92 Å². The number of nitrogens with zero attached hydrogens (tertiary/aromatic N) is 3. The van der Waals surface area contributed by atoms with Gasteiger partial charge in [-0.2, -0.15) is 5.10 Å². The average molecular weight is 269 g/mol. The Morgan fingerprint density at radius 2 is 2.28 bits per heavy atom. The molecule has 1 atom stereocenters. The molecular formula is C11H13ClN4O2. The molecule has 2 heterocycles. The number of halogens is 1. The molecule has 1 fully saturated rings. The number of urea groups is 1. The van der Waals surface area contributed by atoms with Crippen LogP contribution in [0.4, 0.5) is 4.79 Å². The molecule has 7 heteroatoms. The van der Waals surface area contributed by atoms with Crippen molar-refractivity contribution in [2.45, 2.75) is 12.5 Å². The molecule has 1 saturated heterocycles. The Kier molecular flexibility index (Phi) is 2.90. The largest absolute Gasteiger partial charge is 0.325 e. The fourth-order valence-electron chi connectivity index (χ4n) is 1.89. The summed E-state index contributed by atoms with van der Waals surface area (Å²) in [5.74, 6) is -0.359. The van der Waals surface area contributed by atoms with Gasteiger partial charge in [-0.3, -0.25) is 14.4 Å². The van der Waals surface area contributed by atoms with Gasteiger partial charge in [0.15, 0.2) is 0 Å². The summed E-state index contributed by atoms with van der Waals surface area (Å²) in [6, 6.07) is -0.479. The monoisotopic (exact) mass is 268 g/mol. The molecule has 0 bridgehead atoms. The summed E-state index contributed by atoms with van der Waals surface area (Å²) in [4.78, 5) is 25.1. The van der Waals surface area contributed by atoms with E-state index in [1.807, 2.05) is 0 Å². The van der Waals surface area contributed by atoms with E-state index in [9.17, 15) is 9.59 Å². The normalized spacial score (nSPS) is 23.4. The first-order valence-corrected chi connectivity index (χ1v) is 5.69. The lowest BCUT2D eigenvalue weighted by Crippen LogP contribution is -2.40. The zero-order valence-corrected chi connectivity index (χ0v) is 10.9. The van der Waals surface area contributed by atoms with Crippen LogP contribution in [0.3, 0.4) is 0 Å². The Balaban J connectivity index is 2.34. The van der Waals surface area contributed by atoms with Gasteiger partial charge in [0.25, 0.3) is 5.91 Å². The van der Waals surface area contributed by atoms with Crippen LogP contribution in [-0.4, -0.2) is 33.2 Å². The lowest BCUT2D eigenvalue weighted by Gasteiger charge is -2.19. The molecule has 1 aliphatic rings. The molecule has 1 aromatic rings. The van der Waals surface area contributed by atoms with Crippen molar-refractivity contribution >= 4 is 23.5 Å². The quantitative estimate of drug-likeness (QED) is 0.830. The molecule has 0 spiro atoms. The van der Waals surface area contributed by atoms with E-state index in [0.29, 0.717) is 5.56 Å². The van der Waals surface area contributed by atoms with Crippen LogP contribution >= 0.6 is 11.6 Å². The standard InChI is InChI=1S/C11H13ClN4O2/c1-7(12)5-16-9(17)11(2,14-10(16)18)8-4-13-15(3)6-8/h4,6H,1,5H2,2-3H3,(H,14,18)/t11-/m0/s1. The van der Waals surface area contributed by atoms with Crippen LogP contribution in [-0.2, 0) is 17.4 Å². The highest BCUT2D eigenvalue weighted by Gasteiger charge is 2.49. The highest BCUT2D eigenvalue weighted by molar-refractivity contribution is 6.30. The van der Waals surface area contributed by atoms with Gasteiger partial charge in [0.05, 0.1) is 12.7 Å². The molecule has 0 unspecified atom stereocenters. The SMILES string of the molecule is C=C(Cl)CN1C(=O)N[C@@](C)(c2cnn(C)c2)C1=O. The molecule has 0 aliphatic carbocycles. The summed E-state index contributed by atoms with van der Waals surface area (Å²) < 4.78 is 1.57. The number of carbonyl (C=O) groups is 2. The number of hydrogen-bond acceptors (Lipinski definition) is 3. The maximum atomic E-state index is 12.3. The summed E-state index contributed by atoms with van der Waals surface area (Å²) in [7, 11) is 1.74. The summed E-state index contributed by atoms with van der Waals surface area (Å²) in [6.45, 7) is 5.13. The van der Waals surface area contributed by atoms with E-state index in [-0.39, 0.29) is 17.5 Å². The van der Waals surface area contributed by atoms with Crippen LogP contribution in [0.5, 0.6) is 0 Å². The van der Waals surface area contributed by atoms with Gasteiger partial charge in [-0.1, -0.05) is 18.2 Å². The fourth-order valence-corrected chi connectivity index (χ4v) is 2.01. The molecule has 18 heavy (non-hydrogen) atoms. The van der Waals surface area contributed by atoms with Crippen molar-refractivity contribution in [1.82, 2.24) is 20.0 Å². The Bertz CT molecular complexity index is 539. The maximum Gasteiger partial charge on any atom is 0.325 e. The number of aromatic nitrogens is 2. The van der Waals surface area contributed by atoms with Gasteiger partial charge in [-0.15, -0.1) is 0 Å². The van der Waals surface area contributed by atoms with Crippen LogP contribution in [0.2, 0.25) is 0 Å². The predicted molar refractivity (Wildman–Crippen MR) is 65.8 cm³/mol. The van der Waals surface area contributed by atoms with E-state index in [2.05, 4.69) is 17.0 Å². The zero-order valence-electron chi connectivity index (χ0n) is 10.1. The van der Waals surface area contributed by atoms with Gasteiger partial charge in [0.2, 0.25) is 0 Å². The second-order valence-electron chi connectivity index (χ2n) is 4.37. The summed E-state index contributed by atoms with van der Waals surface area (Å²) in [5.41, 5.74) is -0.469. The van der Waals surface area contributed by atoms with Crippen molar-refractivity contribution < 1.29 is 9.59 Å². The minimum atomic E-state index is -1.10. The van der Waals surface area contributed by atoms with Gasteiger partial charge < -0.3 is 5.32 Å². The number of aryl methyl sites for hydroxylation is 1. The molecule has 0 saturated carbocycles. The third-order valence-electron chi connectivity index (χ3n) is 2.89. The van der Waals surface area contributed by atoms with Crippen molar-refractivity contribution in [2.75, 3.05) is 6.54 Å². The number of rotatable bonds is 3. The second-order valence-corrected chi connectivity index (χ2v) is 4.90. The third-order valence-corrected chi connectivity index (χ3v) is 3.01. The van der Waals surface area contributed by atoms with Crippen LogP contribution in [0, 0.1) is 0 Å². The van der Waals surface area contributed by atoms with E-state index in [4.69, 9.17) is 11.6 Å². The van der Waals surface area contributed by atoms with Gasteiger partial charge in [-0.25, -0.2) is 4.79 Å². The second kappa shape index (κ2) is 4.13. The molecule has 1 aliphatic heterocycles. The Hall–Kier alpha value is -1.82. The minimum absolute atomic E-state index is 0.00206. The number of nitrogens with one attached hydrogen (secondary N) is 1. The Morgan fingerprint density at radius 1 is 1.61 bits per heavy atom. The molecule has 96 valence electrons. The number of carbonyl (C=O) groups excluding carboxylic acids is 2. The van der Waals surface area contributed by atoms with E-state index < -0.39 is 11.6 Å². The lowest BCUT2D eigenvalue weighted by molar-refractivity contribution is -0.130. The Labute approximate surface area is 109 Å². The number of hydrogen-bond donors (Lipinski definition) is 1. The molecule has 2 rings (SSSR count). The van der Waals surface area contributed by atoms with Gasteiger partial charge >= 0.3 is 6.03 Å². The minimum Gasteiger partial charge on any atom is -0.319 e. The van der Waals surface area contributed by atoms with E-state index in [0.717, 1.165) is 4.90 Å². The zero-order chi connectivity index (χ0) is 13.5. The Morgan fingerprint density at radius 3 is 2.78 bits per heavy atom. The van der Waals surface area contributed by atoms with Crippen LogP contribution in [0.25, 0.3) is 0 Å². The van der Waals surface area contributed by atoms with Gasteiger partial charge in [0, 0.05) is 23.8 Å². The van der Waals surface area contributed by atoms with Crippen molar-refractivity contribution in [1.29, 1.82) is 0 Å². The van der Waals surface area contributed by atoms with Crippen LogP contribution in [0.1, 0.15) is 12.5 Å². The van der Waals surface area contributed by atoms with E-state index >= 15 is 0 Å². The number of imide groups is 1. The van der Waals surface area contributed by atoms with E-state index in [1.54, 1.807) is 31.0 Å². The summed E-state index contributed by atoms with van der Waals surface area (Å²) >= 11 is 5.65. The lowest BCUT2D eigenvalue weighted by atomic mass is 9.95. The molecular weight excluding hydrogens is 256 g/mol. The van der Waals surface area contributed by atoms with Crippen molar-refractivity contribution in [3.05, 3.63) is 29.6 Å². The van der Waals surface area contributed by atoms with E-state index in [1.165, 1.54) is 0 Å². The number of amides is 3. The molecule has 0 radical (unpaired) electrons. The first kappa shape index (κ1) is 12.6. The molecule has 0 aromatic carbocycles. The van der Waals surface area contributed by atoms with Crippen molar-refractivity contribution in [3.63, 3.8) is 0 Å². The third kappa shape index (κ3) is 1.88. The predicted octanol–water partition coefficient (Wildman–Crippen LogP) is 0.940. The molecule has 1 aromatic heterocycles. The highest BCUT2D eigenvalue weighted by atomic mass is 35.5. The van der Waals surface area contributed by atoms with Crippen molar-refractivity contribution in [3.8, 4) is 0 Å². The summed E-state index contributed by atoms with van der Waals surface area (Å²) in [5, 5.41) is 6.88. The summed E-state index contributed by atoms with van der Waals surface area (Å²) in [6.07, 6.45) is 3.24. The highest BCUT2D eigenvalue weighted by Crippen LogP contribution is 2.28. The molecule has 3 amide bonds. The molecule has 1 N–H and O–H groups in total. The first-order chi connectivity index (χ1) is 8.34. The fraction of sp³-hybridized carbons (Fsp3) is 0.364. The van der Waals surface area contributed by atoms with Crippen LogP contribution < -0.4 is 5.32 Å². The molecule has 6 nitrogen and oxygen atoms in total. The van der Waals surface area contributed by atoms with Gasteiger partial charge in [0.1, 0.15) is 5.54 Å². The topological polar surface area (TPSA) is 67.2 Å². The smallest absolute Gasteiger partial charge is 0.319 e. The van der Waals surface area contributed by atoms with Crippen molar-refractivity contribution in [2.24, 2.45) is 7.05 Å². The first-order valence-electron chi connectivity index (χ1n) is 5.31.